The molecule has 1 N–H and O–H groups in total. The molecular formula is C13H22O3. The van der Waals surface area contributed by atoms with Gasteiger partial charge in [0, 0.05) is 5.92 Å². The third-order valence-electron chi connectivity index (χ3n) is 3.62. The highest BCUT2D eigenvalue weighted by molar-refractivity contribution is 5.95. The Balaban J connectivity index is 2.40. The number of hydrogen-bond acceptors (Lipinski definition) is 2. The molecule has 0 unspecified atom stereocenters. The number of carbonyl (C=O) groups excluding carboxylic acids is 1. The maximum absolute atomic E-state index is 11.7. The van der Waals surface area contributed by atoms with E-state index in [-0.39, 0.29) is 18.1 Å². The lowest BCUT2D eigenvalue weighted by molar-refractivity contribution is -0.141. The smallest absolute Gasteiger partial charge is 0.310 e. The van der Waals surface area contributed by atoms with Gasteiger partial charge in [0.2, 0.25) is 0 Å². The third-order valence-corrected chi connectivity index (χ3v) is 3.62. The van der Waals surface area contributed by atoms with Crippen LogP contribution in [0.5, 0.6) is 0 Å². The molecule has 92 valence electrons. The highest BCUT2D eigenvalue weighted by Crippen LogP contribution is 2.30. The summed E-state index contributed by atoms with van der Waals surface area (Å²) in [5.41, 5.74) is 0. The van der Waals surface area contributed by atoms with Crippen LogP contribution in [-0.4, -0.2) is 16.9 Å². The molecular weight excluding hydrogens is 204 g/mol. The molecule has 0 aromatic rings. The second kappa shape index (κ2) is 6.66. The second-order valence-electron chi connectivity index (χ2n) is 4.88. The first-order chi connectivity index (χ1) is 7.63. The fourth-order valence-electron chi connectivity index (χ4n) is 2.64. The van der Waals surface area contributed by atoms with Crippen LogP contribution in [0.4, 0.5) is 0 Å². The van der Waals surface area contributed by atoms with Crippen LogP contribution in [0.1, 0.15) is 58.3 Å². The molecule has 0 aromatic carbocycles. The van der Waals surface area contributed by atoms with E-state index in [1.165, 1.54) is 32.1 Å². The van der Waals surface area contributed by atoms with Crippen molar-refractivity contribution in [3.63, 3.8) is 0 Å². The number of carboxylic acids is 1. The van der Waals surface area contributed by atoms with Crippen molar-refractivity contribution >= 4 is 11.8 Å². The highest BCUT2D eigenvalue weighted by Gasteiger charge is 2.24. The molecule has 3 nitrogen and oxygen atoms in total. The Bertz CT molecular complexity index is 242. The van der Waals surface area contributed by atoms with Gasteiger partial charge in [-0.05, 0) is 18.8 Å². The standard InChI is InChI=1S/C13H22O3/c1-2-11(12(14)9-13(15)16)8-10-6-4-3-5-7-10/h10-11H,2-9H2,1H3,(H,15,16)/t11-/m1/s1. The molecule has 0 heterocycles. The summed E-state index contributed by atoms with van der Waals surface area (Å²) in [5, 5.41) is 8.61. The van der Waals surface area contributed by atoms with Gasteiger partial charge in [0.1, 0.15) is 12.2 Å². The van der Waals surface area contributed by atoms with E-state index in [1.807, 2.05) is 6.92 Å². The van der Waals surface area contributed by atoms with Gasteiger partial charge < -0.3 is 5.11 Å². The molecule has 1 aliphatic carbocycles. The first-order valence-corrected chi connectivity index (χ1v) is 6.38. The summed E-state index contributed by atoms with van der Waals surface area (Å²) in [6.07, 6.45) is 7.68. The van der Waals surface area contributed by atoms with Gasteiger partial charge in [-0.15, -0.1) is 0 Å². The van der Waals surface area contributed by atoms with Crippen LogP contribution in [0.25, 0.3) is 0 Å². The quantitative estimate of drug-likeness (QED) is 0.708. The third kappa shape index (κ3) is 4.33. The molecule has 1 fully saturated rings. The van der Waals surface area contributed by atoms with E-state index in [1.54, 1.807) is 0 Å². The van der Waals surface area contributed by atoms with Crippen LogP contribution in [0, 0.1) is 11.8 Å². The van der Waals surface area contributed by atoms with Crippen molar-refractivity contribution in [2.75, 3.05) is 0 Å². The van der Waals surface area contributed by atoms with Crippen molar-refractivity contribution in [3.05, 3.63) is 0 Å². The van der Waals surface area contributed by atoms with E-state index in [4.69, 9.17) is 5.11 Å². The van der Waals surface area contributed by atoms with Crippen molar-refractivity contribution < 1.29 is 14.7 Å². The lowest BCUT2D eigenvalue weighted by Crippen LogP contribution is -2.21. The van der Waals surface area contributed by atoms with Crippen LogP contribution < -0.4 is 0 Å². The first-order valence-electron chi connectivity index (χ1n) is 6.38. The molecule has 1 atom stereocenters. The summed E-state index contributed by atoms with van der Waals surface area (Å²) in [6, 6.07) is 0. The van der Waals surface area contributed by atoms with Gasteiger partial charge in [0.25, 0.3) is 0 Å². The van der Waals surface area contributed by atoms with E-state index in [0.29, 0.717) is 5.92 Å². The minimum absolute atomic E-state index is 0.0285. The summed E-state index contributed by atoms with van der Waals surface area (Å²) in [7, 11) is 0. The fraction of sp³-hybridized carbons (Fsp3) is 0.846. The van der Waals surface area contributed by atoms with Gasteiger partial charge >= 0.3 is 5.97 Å². The number of Topliss-reactive ketones (excluding diaryl/α,β-unsaturated/α-hetero) is 1. The topological polar surface area (TPSA) is 54.4 Å². The number of aliphatic carboxylic acids is 1. The normalized spacial score (nSPS) is 19.3. The highest BCUT2D eigenvalue weighted by atomic mass is 16.4. The van der Waals surface area contributed by atoms with E-state index >= 15 is 0 Å². The van der Waals surface area contributed by atoms with Crippen molar-refractivity contribution in [1.29, 1.82) is 0 Å². The first kappa shape index (κ1) is 13.2. The molecule has 0 bridgehead atoms. The number of carboxylic acid groups (broad SMARTS) is 1. The van der Waals surface area contributed by atoms with E-state index in [2.05, 4.69) is 0 Å². The molecule has 1 saturated carbocycles. The lowest BCUT2D eigenvalue weighted by atomic mass is 9.80. The Morgan fingerprint density at radius 2 is 1.88 bits per heavy atom. The predicted molar refractivity (Wildman–Crippen MR) is 62.2 cm³/mol. The Morgan fingerprint density at radius 3 is 2.38 bits per heavy atom. The lowest BCUT2D eigenvalue weighted by Gasteiger charge is -2.25. The zero-order valence-corrected chi connectivity index (χ0v) is 10.1. The number of carbonyl (C=O) groups is 2. The van der Waals surface area contributed by atoms with Crippen LogP contribution in [-0.2, 0) is 9.59 Å². The van der Waals surface area contributed by atoms with Crippen LogP contribution in [0.2, 0.25) is 0 Å². The molecule has 0 amide bonds. The molecule has 0 aromatic heterocycles. The van der Waals surface area contributed by atoms with Crippen LogP contribution in [0.15, 0.2) is 0 Å². The zero-order chi connectivity index (χ0) is 12.0. The monoisotopic (exact) mass is 226 g/mol. The molecule has 0 spiro atoms. The van der Waals surface area contributed by atoms with Gasteiger partial charge in [0.15, 0.2) is 0 Å². The zero-order valence-electron chi connectivity index (χ0n) is 10.1. The largest absolute Gasteiger partial charge is 0.481 e. The Morgan fingerprint density at radius 1 is 1.25 bits per heavy atom. The van der Waals surface area contributed by atoms with Gasteiger partial charge in [-0.1, -0.05) is 39.0 Å². The van der Waals surface area contributed by atoms with Crippen molar-refractivity contribution in [2.45, 2.75) is 58.3 Å². The Labute approximate surface area is 97.2 Å². The Hall–Kier alpha value is -0.860. The molecule has 0 radical (unpaired) electrons. The van der Waals surface area contributed by atoms with Gasteiger partial charge in [-0.3, -0.25) is 9.59 Å². The molecule has 0 saturated heterocycles. The maximum atomic E-state index is 11.7. The van der Waals surface area contributed by atoms with Crippen LogP contribution >= 0.6 is 0 Å². The fourth-order valence-corrected chi connectivity index (χ4v) is 2.64. The predicted octanol–water partition coefficient (Wildman–Crippen LogP) is 3.03. The molecule has 1 aliphatic rings. The van der Waals surface area contributed by atoms with E-state index in [0.717, 1.165) is 12.8 Å². The average Bonchev–Trinajstić information content (AvgIpc) is 2.26. The number of ketones is 1. The Kier molecular flexibility index (Phi) is 5.50. The summed E-state index contributed by atoms with van der Waals surface area (Å²) in [4.78, 5) is 22.2. The minimum Gasteiger partial charge on any atom is -0.481 e. The molecule has 0 aliphatic heterocycles. The van der Waals surface area contributed by atoms with Crippen LogP contribution in [0.3, 0.4) is 0 Å². The summed E-state index contributed by atoms with van der Waals surface area (Å²) >= 11 is 0. The van der Waals surface area contributed by atoms with E-state index < -0.39 is 5.97 Å². The second-order valence-corrected chi connectivity index (χ2v) is 4.88. The SMILES string of the molecule is CC[C@H](CC1CCCCC1)C(=O)CC(=O)O. The number of rotatable bonds is 6. The van der Waals surface area contributed by atoms with Gasteiger partial charge in [-0.2, -0.15) is 0 Å². The summed E-state index contributed by atoms with van der Waals surface area (Å²) in [5.74, 6) is -0.455. The maximum Gasteiger partial charge on any atom is 0.310 e. The van der Waals surface area contributed by atoms with Crippen molar-refractivity contribution in [2.24, 2.45) is 11.8 Å². The van der Waals surface area contributed by atoms with Gasteiger partial charge in [0.05, 0.1) is 0 Å². The molecule has 16 heavy (non-hydrogen) atoms. The molecule has 3 heteroatoms. The van der Waals surface area contributed by atoms with Crippen molar-refractivity contribution in [3.8, 4) is 0 Å². The summed E-state index contributed by atoms with van der Waals surface area (Å²) in [6.45, 7) is 1.98. The molecule has 1 rings (SSSR count). The minimum atomic E-state index is -0.993. The van der Waals surface area contributed by atoms with Gasteiger partial charge in [-0.25, -0.2) is 0 Å². The van der Waals surface area contributed by atoms with E-state index in [9.17, 15) is 9.59 Å². The number of hydrogen-bond donors (Lipinski definition) is 1. The van der Waals surface area contributed by atoms with Crippen molar-refractivity contribution in [1.82, 2.24) is 0 Å². The summed E-state index contributed by atoms with van der Waals surface area (Å²) < 4.78 is 0. The average molecular weight is 226 g/mol.